The van der Waals surface area contributed by atoms with E-state index in [1.54, 1.807) is 0 Å². The van der Waals surface area contributed by atoms with Crippen LogP contribution in [0.2, 0.25) is 0 Å². The summed E-state index contributed by atoms with van der Waals surface area (Å²) in [4.78, 5) is 12.5. The first kappa shape index (κ1) is 12.5. The number of β-amino-alcohol motifs (C(OH)–C–C–N with tert-alkyl or cyclic N) is 1. The van der Waals surface area contributed by atoms with Gasteiger partial charge >= 0.3 is 5.97 Å². The van der Waals surface area contributed by atoms with Crippen LogP contribution in [-0.4, -0.2) is 46.8 Å². The van der Waals surface area contributed by atoms with Gasteiger partial charge < -0.3 is 15.1 Å². The minimum Gasteiger partial charge on any atom is -0.481 e. The lowest BCUT2D eigenvalue weighted by atomic mass is 10.1. The standard InChI is InChI=1S/C11H21NO3/c13-10-5-4-8-12(9-10)7-3-1-2-6-11(14)15/h10,13H,1-9H2,(H,14,15). The van der Waals surface area contributed by atoms with Gasteiger partial charge in [-0.1, -0.05) is 6.42 Å². The largest absolute Gasteiger partial charge is 0.481 e. The first-order valence-electron chi connectivity index (χ1n) is 5.80. The van der Waals surface area contributed by atoms with Gasteiger partial charge in [-0.3, -0.25) is 4.79 Å². The molecule has 0 bridgehead atoms. The molecule has 1 aliphatic heterocycles. The maximum absolute atomic E-state index is 10.3. The predicted octanol–water partition coefficient (Wildman–Crippen LogP) is 1.09. The molecule has 0 aliphatic carbocycles. The van der Waals surface area contributed by atoms with Gasteiger partial charge in [0.15, 0.2) is 0 Å². The van der Waals surface area contributed by atoms with Crippen molar-refractivity contribution in [2.45, 2.75) is 44.6 Å². The molecule has 4 heteroatoms. The van der Waals surface area contributed by atoms with Crippen LogP contribution in [0.25, 0.3) is 0 Å². The lowest BCUT2D eigenvalue weighted by molar-refractivity contribution is -0.137. The SMILES string of the molecule is O=C(O)CCCCCN1CCCC(O)C1. The number of carboxylic acids is 1. The molecule has 0 radical (unpaired) electrons. The molecule has 1 fully saturated rings. The molecule has 0 aromatic heterocycles. The second-order valence-electron chi connectivity index (χ2n) is 4.30. The molecular weight excluding hydrogens is 194 g/mol. The number of aliphatic hydroxyl groups is 1. The Hall–Kier alpha value is -0.610. The highest BCUT2D eigenvalue weighted by atomic mass is 16.4. The summed E-state index contributed by atoms with van der Waals surface area (Å²) in [7, 11) is 0. The van der Waals surface area contributed by atoms with Crippen molar-refractivity contribution in [2.75, 3.05) is 19.6 Å². The fourth-order valence-corrected chi connectivity index (χ4v) is 2.02. The van der Waals surface area contributed by atoms with Crippen molar-refractivity contribution in [3.8, 4) is 0 Å². The highest BCUT2D eigenvalue weighted by Gasteiger charge is 2.16. The number of rotatable bonds is 6. The van der Waals surface area contributed by atoms with Crippen LogP contribution in [-0.2, 0) is 4.79 Å². The van der Waals surface area contributed by atoms with Gasteiger partial charge in [-0.15, -0.1) is 0 Å². The Morgan fingerprint density at radius 3 is 2.80 bits per heavy atom. The normalized spacial score (nSPS) is 22.9. The number of unbranched alkanes of at least 4 members (excludes halogenated alkanes) is 2. The summed E-state index contributed by atoms with van der Waals surface area (Å²) < 4.78 is 0. The van der Waals surface area contributed by atoms with Crippen molar-refractivity contribution in [3.63, 3.8) is 0 Å². The molecule has 1 unspecified atom stereocenters. The first-order chi connectivity index (χ1) is 7.18. The molecule has 1 heterocycles. The van der Waals surface area contributed by atoms with Crippen LogP contribution in [0.15, 0.2) is 0 Å². The number of carbonyl (C=O) groups is 1. The maximum atomic E-state index is 10.3. The van der Waals surface area contributed by atoms with Gasteiger partial charge in [0.25, 0.3) is 0 Å². The number of nitrogens with zero attached hydrogens (tertiary/aromatic N) is 1. The average Bonchev–Trinajstić information content (AvgIpc) is 2.17. The van der Waals surface area contributed by atoms with Crippen molar-refractivity contribution in [1.29, 1.82) is 0 Å². The third-order valence-electron chi connectivity index (χ3n) is 2.85. The van der Waals surface area contributed by atoms with E-state index in [2.05, 4.69) is 4.90 Å². The van der Waals surface area contributed by atoms with E-state index in [-0.39, 0.29) is 12.5 Å². The Morgan fingerprint density at radius 1 is 1.33 bits per heavy atom. The van der Waals surface area contributed by atoms with Crippen molar-refractivity contribution in [3.05, 3.63) is 0 Å². The highest BCUT2D eigenvalue weighted by Crippen LogP contribution is 2.11. The summed E-state index contributed by atoms with van der Waals surface area (Å²) in [6, 6.07) is 0. The monoisotopic (exact) mass is 215 g/mol. The molecule has 1 saturated heterocycles. The van der Waals surface area contributed by atoms with Crippen molar-refractivity contribution >= 4 is 5.97 Å². The van der Waals surface area contributed by atoms with Crippen LogP contribution in [0.4, 0.5) is 0 Å². The summed E-state index contributed by atoms with van der Waals surface area (Å²) in [5, 5.41) is 17.9. The van der Waals surface area contributed by atoms with Gasteiger partial charge in [0.05, 0.1) is 6.10 Å². The summed E-state index contributed by atoms with van der Waals surface area (Å²) >= 11 is 0. The van der Waals surface area contributed by atoms with E-state index in [1.165, 1.54) is 0 Å². The van der Waals surface area contributed by atoms with Gasteiger partial charge in [0.1, 0.15) is 0 Å². The van der Waals surface area contributed by atoms with Gasteiger partial charge in [-0.05, 0) is 38.8 Å². The van der Waals surface area contributed by atoms with Crippen molar-refractivity contribution in [1.82, 2.24) is 4.90 Å². The van der Waals surface area contributed by atoms with Gasteiger partial charge in [-0.25, -0.2) is 0 Å². The quantitative estimate of drug-likeness (QED) is 0.651. The molecule has 0 aromatic rings. The van der Waals surface area contributed by atoms with Gasteiger partial charge in [-0.2, -0.15) is 0 Å². The number of likely N-dealkylation sites (tertiary alicyclic amines) is 1. The molecule has 0 spiro atoms. The van der Waals surface area contributed by atoms with Crippen LogP contribution in [0.3, 0.4) is 0 Å². The Kier molecular flexibility index (Phi) is 5.65. The Balaban J connectivity index is 1.97. The smallest absolute Gasteiger partial charge is 0.303 e. The molecule has 1 aliphatic rings. The lowest BCUT2D eigenvalue weighted by Crippen LogP contribution is -2.38. The molecule has 1 atom stereocenters. The van der Waals surface area contributed by atoms with E-state index >= 15 is 0 Å². The molecule has 0 amide bonds. The van der Waals surface area contributed by atoms with Crippen LogP contribution in [0.1, 0.15) is 38.5 Å². The minimum atomic E-state index is -0.705. The summed E-state index contributed by atoms with van der Waals surface area (Å²) in [5.41, 5.74) is 0. The first-order valence-corrected chi connectivity index (χ1v) is 5.80. The Morgan fingerprint density at radius 2 is 2.13 bits per heavy atom. The van der Waals surface area contributed by atoms with Crippen LogP contribution >= 0.6 is 0 Å². The van der Waals surface area contributed by atoms with Gasteiger partial charge in [0, 0.05) is 13.0 Å². The second kappa shape index (κ2) is 6.80. The number of hydrogen-bond acceptors (Lipinski definition) is 3. The number of aliphatic hydroxyl groups excluding tert-OH is 1. The molecule has 2 N–H and O–H groups in total. The molecule has 4 nitrogen and oxygen atoms in total. The average molecular weight is 215 g/mol. The molecule has 88 valence electrons. The molecular formula is C11H21NO3. The van der Waals surface area contributed by atoms with E-state index in [1.807, 2.05) is 0 Å². The third-order valence-corrected chi connectivity index (χ3v) is 2.85. The molecule has 0 aromatic carbocycles. The van der Waals surface area contributed by atoms with E-state index in [0.717, 1.165) is 51.7 Å². The zero-order chi connectivity index (χ0) is 11.1. The minimum absolute atomic E-state index is 0.155. The highest BCUT2D eigenvalue weighted by molar-refractivity contribution is 5.66. The lowest BCUT2D eigenvalue weighted by Gasteiger charge is -2.29. The number of piperidine rings is 1. The molecule has 0 saturated carbocycles. The fraction of sp³-hybridized carbons (Fsp3) is 0.909. The fourth-order valence-electron chi connectivity index (χ4n) is 2.02. The third kappa shape index (κ3) is 5.74. The van der Waals surface area contributed by atoms with Crippen molar-refractivity contribution < 1.29 is 15.0 Å². The number of hydrogen-bond donors (Lipinski definition) is 2. The zero-order valence-electron chi connectivity index (χ0n) is 9.19. The number of carboxylic acid groups (broad SMARTS) is 1. The van der Waals surface area contributed by atoms with Crippen LogP contribution in [0.5, 0.6) is 0 Å². The molecule has 15 heavy (non-hydrogen) atoms. The van der Waals surface area contributed by atoms with E-state index < -0.39 is 5.97 Å². The van der Waals surface area contributed by atoms with E-state index in [4.69, 9.17) is 5.11 Å². The van der Waals surface area contributed by atoms with Crippen molar-refractivity contribution in [2.24, 2.45) is 0 Å². The maximum Gasteiger partial charge on any atom is 0.303 e. The zero-order valence-corrected chi connectivity index (χ0v) is 9.19. The molecule has 1 rings (SSSR count). The summed E-state index contributed by atoms with van der Waals surface area (Å²) in [5.74, 6) is -0.705. The van der Waals surface area contributed by atoms with E-state index in [9.17, 15) is 9.90 Å². The Labute approximate surface area is 90.9 Å². The Bertz CT molecular complexity index is 196. The van der Waals surface area contributed by atoms with Crippen LogP contribution in [0, 0.1) is 0 Å². The second-order valence-corrected chi connectivity index (χ2v) is 4.30. The summed E-state index contributed by atoms with van der Waals surface area (Å²) in [6.45, 7) is 2.87. The predicted molar refractivity (Wildman–Crippen MR) is 57.8 cm³/mol. The topological polar surface area (TPSA) is 60.8 Å². The van der Waals surface area contributed by atoms with Crippen LogP contribution < -0.4 is 0 Å². The van der Waals surface area contributed by atoms with Gasteiger partial charge in [0.2, 0.25) is 0 Å². The summed E-state index contributed by atoms with van der Waals surface area (Å²) in [6.07, 6.45) is 4.91. The van der Waals surface area contributed by atoms with E-state index in [0.29, 0.717) is 0 Å². The number of aliphatic carboxylic acids is 1.